The second-order valence-electron chi connectivity index (χ2n) is 4.83. The Kier molecular flexibility index (Phi) is 3.74. The Morgan fingerprint density at radius 2 is 2.05 bits per heavy atom. The molecule has 2 aromatic carbocycles. The Labute approximate surface area is 126 Å². The zero-order valence-corrected chi connectivity index (χ0v) is 11.5. The average molecular weight is 300 g/mol. The average Bonchev–Trinajstić information content (AvgIpc) is 2.52. The van der Waals surface area contributed by atoms with Gasteiger partial charge in [-0.2, -0.15) is 0 Å². The fourth-order valence-electron chi connectivity index (χ4n) is 2.15. The molecule has 0 saturated heterocycles. The molecule has 22 heavy (non-hydrogen) atoms. The number of anilines is 1. The first-order valence-corrected chi connectivity index (χ1v) is 6.72. The Morgan fingerprint density at radius 3 is 2.86 bits per heavy atom. The molecule has 1 aliphatic heterocycles. The molecular formula is C16H13FN2O3. The molecular weight excluding hydrogens is 287 g/mol. The lowest BCUT2D eigenvalue weighted by Gasteiger charge is -2.24. The largest absolute Gasteiger partial charge is 0.468 e. The summed E-state index contributed by atoms with van der Waals surface area (Å²) >= 11 is 0. The maximum atomic E-state index is 13.1. The van der Waals surface area contributed by atoms with Crippen molar-refractivity contribution in [2.45, 2.75) is 12.6 Å². The van der Waals surface area contributed by atoms with Crippen molar-refractivity contribution in [3.63, 3.8) is 0 Å². The van der Waals surface area contributed by atoms with E-state index in [0.717, 1.165) is 0 Å². The maximum absolute atomic E-state index is 13.1. The highest BCUT2D eigenvalue weighted by Gasteiger charge is 2.33. The Bertz CT molecular complexity index is 733. The number of hydrogen-bond donors (Lipinski definition) is 2. The molecule has 0 spiro atoms. The molecule has 2 aromatic rings. The normalized spacial score (nSPS) is 16.2. The van der Waals surface area contributed by atoms with E-state index in [-0.39, 0.29) is 12.4 Å². The summed E-state index contributed by atoms with van der Waals surface area (Å²) in [6.07, 6.45) is -1.26. The monoisotopic (exact) mass is 300 g/mol. The summed E-state index contributed by atoms with van der Waals surface area (Å²) in [5.41, 5.74) is 1.13. The highest BCUT2D eigenvalue weighted by atomic mass is 19.1. The van der Waals surface area contributed by atoms with Crippen molar-refractivity contribution in [1.82, 2.24) is 5.32 Å². The third-order valence-electron chi connectivity index (χ3n) is 3.22. The molecule has 0 fully saturated rings. The van der Waals surface area contributed by atoms with E-state index >= 15 is 0 Å². The van der Waals surface area contributed by atoms with E-state index in [1.807, 2.05) is 0 Å². The maximum Gasteiger partial charge on any atom is 0.275 e. The van der Waals surface area contributed by atoms with Crippen molar-refractivity contribution in [2.75, 3.05) is 5.32 Å². The van der Waals surface area contributed by atoms with Gasteiger partial charge < -0.3 is 15.4 Å². The highest BCUT2D eigenvalue weighted by molar-refractivity contribution is 6.11. The molecule has 1 aliphatic rings. The molecule has 5 nitrogen and oxygen atoms in total. The number of carbonyl (C=O) groups excluding carboxylic acids is 2. The summed E-state index contributed by atoms with van der Waals surface area (Å²) in [6, 6.07) is 12.7. The summed E-state index contributed by atoms with van der Waals surface area (Å²) in [5.74, 6) is -1.05. The summed E-state index contributed by atoms with van der Waals surface area (Å²) in [7, 11) is 0. The van der Waals surface area contributed by atoms with Gasteiger partial charge in [-0.1, -0.05) is 24.3 Å². The summed E-state index contributed by atoms with van der Waals surface area (Å²) in [6.45, 7) is 0.116. The van der Waals surface area contributed by atoms with Gasteiger partial charge in [0.1, 0.15) is 11.6 Å². The molecule has 1 heterocycles. The standard InChI is InChI=1S/C16H13FN2O3/c17-11-5-3-4-10(8-11)9-18-15(20)14-16(21)19-12-6-1-2-7-13(12)22-14/h1-8,14H,9H2,(H,18,20)(H,19,21)/t14-/m0/s1. The number of nitrogens with one attached hydrogen (secondary N) is 2. The number of halogens is 1. The van der Waals surface area contributed by atoms with Crippen LogP contribution in [0.3, 0.4) is 0 Å². The van der Waals surface area contributed by atoms with Gasteiger partial charge in [-0.3, -0.25) is 9.59 Å². The first-order valence-electron chi connectivity index (χ1n) is 6.72. The number of carbonyl (C=O) groups is 2. The molecule has 0 bridgehead atoms. The fourth-order valence-corrected chi connectivity index (χ4v) is 2.15. The molecule has 2 amide bonds. The van der Waals surface area contributed by atoms with Gasteiger partial charge in [-0.15, -0.1) is 0 Å². The molecule has 1 atom stereocenters. The zero-order chi connectivity index (χ0) is 15.5. The predicted octanol–water partition coefficient (Wildman–Crippen LogP) is 1.84. The van der Waals surface area contributed by atoms with Gasteiger partial charge in [0.25, 0.3) is 17.9 Å². The van der Waals surface area contributed by atoms with Crippen molar-refractivity contribution < 1.29 is 18.7 Å². The third-order valence-corrected chi connectivity index (χ3v) is 3.22. The molecule has 0 unspecified atom stereocenters. The van der Waals surface area contributed by atoms with Crippen LogP contribution >= 0.6 is 0 Å². The van der Waals surface area contributed by atoms with Gasteiger partial charge in [0, 0.05) is 6.54 Å². The van der Waals surface area contributed by atoms with Crippen LogP contribution < -0.4 is 15.4 Å². The SMILES string of the molecule is O=C(NCc1cccc(F)c1)[C@@H]1Oc2ccccc2NC1=O. The molecule has 2 N–H and O–H groups in total. The lowest BCUT2D eigenvalue weighted by molar-refractivity contribution is -0.137. The number of fused-ring (bicyclic) bond motifs is 1. The summed E-state index contributed by atoms with van der Waals surface area (Å²) < 4.78 is 18.5. The molecule has 0 radical (unpaired) electrons. The summed E-state index contributed by atoms with van der Waals surface area (Å²) in [5, 5.41) is 5.18. The molecule has 6 heteroatoms. The number of benzene rings is 2. The van der Waals surface area contributed by atoms with E-state index in [1.165, 1.54) is 12.1 Å². The Hall–Kier alpha value is -2.89. The van der Waals surface area contributed by atoms with Crippen LogP contribution in [0.5, 0.6) is 5.75 Å². The van der Waals surface area contributed by atoms with Crippen LogP contribution in [0, 0.1) is 5.82 Å². The van der Waals surface area contributed by atoms with E-state index in [0.29, 0.717) is 17.0 Å². The topological polar surface area (TPSA) is 67.4 Å². The van der Waals surface area contributed by atoms with Crippen molar-refractivity contribution in [3.8, 4) is 5.75 Å². The lowest BCUT2D eigenvalue weighted by Crippen LogP contribution is -2.48. The number of hydrogen-bond acceptors (Lipinski definition) is 3. The molecule has 112 valence electrons. The smallest absolute Gasteiger partial charge is 0.275 e. The van der Waals surface area contributed by atoms with E-state index < -0.39 is 17.9 Å². The molecule has 0 aliphatic carbocycles. The van der Waals surface area contributed by atoms with Crippen molar-refractivity contribution in [3.05, 3.63) is 59.9 Å². The minimum absolute atomic E-state index is 0.116. The van der Waals surface area contributed by atoms with Crippen LogP contribution in [-0.2, 0) is 16.1 Å². The van der Waals surface area contributed by atoms with Crippen LogP contribution in [-0.4, -0.2) is 17.9 Å². The summed E-state index contributed by atoms with van der Waals surface area (Å²) in [4.78, 5) is 24.0. The number of para-hydroxylation sites is 2. The van der Waals surface area contributed by atoms with Crippen LogP contribution in [0.25, 0.3) is 0 Å². The minimum atomic E-state index is -1.26. The van der Waals surface area contributed by atoms with Crippen LogP contribution in [0.2, 0.25) is 0 Å². The minimum Gasteiger partial charge on any atom is -0.468 e. The van der Waals surface area contributed by atoms with Crippen molar-refractivity contribution in [2.24, 2.45) is 0 Å². The Balaban J connectivity index is 1.67. The van der Waals surface area contributed by atoms with Crippen LogP contribution in [0.15, 0.2) is 48.5 Å². The van der Waals surface area contributed by atoms with Crippen molar-refractivity contribution in [1.29, 1.82) is 0 Å². The molecule has 0 aromatic heterocycles. The third kappa shape index (κ3) is 2.90. The van der Waals surface area contributed by atoms with Gasteiger partial charge >= 0.3 is 0 Å². The van der Waals surface area contributed by atoms with Gasteiger partial charge in [0.2, 0.25) is 0 Å². The quantitative estimate of drug-likeness (QED) is 0.850. The van der Waals surface area contributed by atoms with Crippen LogP contribution in [0.4, 0.5) is 10.1 Å². The number of amides is 2. The molecule has 3 rings (SSSR count). The van der Waals surface area contributed by atoms with Gasteiger partial charge in [-0.25, -0.2) is 4.39 Å². The first kappa shape index (κ1) is 14.1. The lowest BCUT2D eigenvalue weighted by atomic mass is 10.2. The van der Waals surface area contributed by atoms with Gasteiger partial charge in [-0.05, 0) is 29.8 Å². The number of ether oxygens (including phenoxy) is 1. The van der Waals surface area contributed by atoms with Crippen LogP contribution in [0.1, 0.15) is 5.56 Å². The van der Waals surface area contributed by atoms with E-state index in [2.05, 4.69) is 10.6 Å². The van der Waals surface area contributed by atoms with E-state index in [4.69, 9.17) is 4.74 Å². The predicted molar refractivity (Wildman–Crippen MR) is 77.7 cm³/mol. The zero-order valence-electron chi connectivity index (χ0n) is 11.5. The second-order valence-corrected chi connectivity index (χ2v) is 4.83. The van der Waals surface area contributed by atoms with Crippen molar-refractivity contribution >= 4 is 17.5 Å². The van der Waals surface area contributed by atoms with E-state index in [1.54, 1.807) is 36.4 Å². The molecule has 0 saturated carbocycles. The number of rotatable bonds is 3. The second kappa shape index (κ2) is 5.85. The highest BCUT2D eigenvalue weighted by Crippen LogP contribution is 2.28. The first-order chi connectivity index (χ1) is 10.6. The van der Waals surface area contributed by atoms with E-state index in [9.17, 15) is 14.0 Å². The Morgan fingerprint density at radius 1 is 1.23 bits per heavy atom. The fraction of sp³-hybridized carbons (Fsp3) is 0.125. The van der Waals surface area contributed by atoms with Gasteiger partial charge in [0.05, 0.1) is 5.69 Å². The van der Waals surface area contributed by atoms with Gasteiger partial charge in [0.15, 0.2) is 0 Å².